The van der Waals surface area contributed by atoms with Crippen LogP contribution in [0.3, 0.4) is 0 Å². The van der Waals surface area contributed by atoms with Crippen molar-refractivity contribution in [3.63, 3.8) is 0 Å². The highest BCUT2D eigenvalue weighted by molar-refractivity contribution is 7.89. The number of benzene rings is 1. The van der Waals surface area contributed by atoms with E-state index in [1.54, 1.807) is 4.57 Å². The average Bonchev–Trinajstić information content (AvgIpc) is 2.66. The molecular weight excluding hydrogens is 410 g/mol. The molecule has 0 saturated heterocycles. The van der Waals surface area contributed by atoms with Crippen LogP contribution in [-0.4, -0.2) is 30.4 Å². The van der Waals surface area contributed by atoms with Crippen LogP contribution in [0.5, 0.6) is 0 Å². The number of halogens is 4. The molecule has 0 saturated carbocycles. The van der Waals surface area contributed by atoms with Crippen LogP contribution in [0.4, 0.5) is 17.6 Å². The molecule has 0 aliphatic heterocycles. The third-order valence-corrected chi connectivity index (χ3v) is 6.52. The first-order valence-corrected chi connectivity index (χ1v) is 10.6. The minimum Gasteiger partial charge on any atom is -0.236 e. The maximum Gasteiger partial charge on any atom is 0.409 e. The van der Waals surface area contributed by atoms with E-state index in [0.717, 1.165) is 36.9 Å². The molecular formula is C19H24F4N3O2S+. The molecule has 0 amide bonds. The summed E-state index contributed by atoms with van der Waals surface area (Å²) >= 11 is 0. The lowest BCUT2D eigenvalue weighted by Gasteiger charge is -2.31. The lowest BCUT2D eigenvalue weighted by atomic mass is 10.1. The molecule has 1 heterocycles. The Bertz CT molecular complexity index is 918. The zero-order valence-corrected chi connectivity index (χ0v) is 17.2. The van der Waals surface area contributed by atoms with Crippen LogP contribution in [-0.2, 0) is 16.6 Å². The van der Waals surface area contributed by atoms with E-state index in [1.165, 1.54) is 19.4 Å². The first-order chi connectivity index (χ1) is 13.5. The van der Waals surface area contributed by atoms with Crippen LogP contribution in [0.25, 0.3) is 0 Å². The number of hydrogen-bond donors (Lipinski definition) is 0. The second-order valence-electron chi connectivity index (χ2n) is 6.84. The van der Waals surface area contributed by atoms with Gasteiger partial charge in [-0.25, -0.2) is 17.4 Å². The molecule has 0 fully saturated rings. The summed E-state index contributed by atoms with van der Waals surface area (Å²) in [6, 6.07) is 1.19. The normalized spacial score (nSPS) is 14.8. The lowest BCUT2D eigenvalue weighted by molar-refractivity contribution is -0.707. The molecule has 2 aromatic rings. The summed E-state index contributed by atoms with van der Waals surface area (Å²) in [4.78, 5) is 3.56. The average molecular weight is 434 g/mol. The Balaban J connectivity index is 2.51. The van der Waals surface area contributed by atoms with Gasteiger partial charge in [-0.15, -0.1) is 0 Å². The third-order valence-electron chi connectivity index (χ3n) is 4.63. The van der Waals surface area contributed by atoms with Crippen LogP contribution < -0.4 is 4.57 Å². The van der Waals surface area contributed by atoms with Gasteiger partial charge in [-0.2, -0.15) is 17.5 Å². The number of rotatable bonds is 8. The van der Waals surface area contributed by atoms with E-state index in [1.807, 2.05) is 13.8 Å². The Labute approximate surface area is 168 Å². The molecule has 0 spiro atoms. The molecule has 29 heavy (non-hydrogen) atoms. The fourth-order valence-electron chi connectivity index (χ4n) is 2.93. The van der Waals surface area contributed by atoms with Gasteiger partial charge in [0.05, 0.1) is 6.54 Å². The van der Waals surface area contributed by atoms with Gasteiger partial charge in [0.1, 0.15) is 18.1 Å². The molecule has 1 aromatic carbocycles. The Morgan fingerprint density at radius 2 is 1.79 bits per heavy atom. The standard InChI is InChI=1S/C19H24F4N3O2S/c1-4-14(3)11-25-12-17(10-24-13-25)29(27,28)26(5-2)18(19(21,22)23)15-6-8-16(20)9-7-15/h6-10,12-14,18H,4-5,11H2,1-3H3/q+1/t14?,18-/m1/s1. The number of nitrogens with zero attached hydrogens (tertiary/aromatic N) is 3. The van der Waals surface area contributed by atoms with Gasteiger partial charge in [0.15, 0.2) is 11.1 Å². The van der Waals surface area contributed by atoms with Crippen molar-refractivity contribution < 1.29 is 30.5 Å². The fourth-order valence-corrected chi connectivity index (χ4v) is 4.53. The quantitative estimate of drug-likeness (QED) is 0.468. The second-order valence-corrected chi connectivity index (χ2v) is 8.73. The summed E-state index contributed by atoms with van der Waals surface area (Å²) in [5.74, 6) is -0.469. The van der Waals surface area contributed by atoms with Gasteiger partial charge in [0.25, 0.3) is 16.4 Å². The predicted octanol–water partition coefficient (Wildman–Crippen LogP) is 3.87. The highest BCUT2D eigenvalue weighted by Crippen LogP contribution is 2.40. The number of aromatic nitrogens is 2. The lowest BCUT2D eigenvalue weighted by Crippen LogP contribution is -2.44. The monoisotopic (exact) mass is 434 g/mol. The minimum atomic E-state index is -4.89. The van der Waals surface area contributed by atoms with Gasteiger partial charge < -0.3 is 0 Å². The Kier molecular flexibility index (Phi) is 7.34. The highest BCUT2D eigenvalue weighted by Gasteiger charge is 2.49. The predicted molar refractivity (Wildman–Crippen MR) is 98.6 cm³/mol. The molecule has 10 heteroatoms. The van der Waals surface area contributed by atoms with Crippen LogP contribution in [0, 0.1) is 11.7 Å². The maximum atomic E-state index is 13.9. The first-order valence-electron chi connectivity index (χ1n) is 9.18. The van der Waals surface area contributed by atoms with Crippen molar-refractivity contribution in [2.24, 2.45) is 5.92 Å². The molecule has 1 aromatic heterocycles. The van der Waals surface area contributed by atoms with E-state index in [9.17, 15) is 26.0 Å². The summed E-state index contributed by atoms with van der Waals surface area (Å²) < 4.78 is 82.9. The van der Waals surface area contributed by atoms with E-state index in [-0.39, 0.29) is 16.4 Å². The molecule has 0 aliphatic carbocycles. The van der Waals surface area contributed by atoms with Gasteiger partial charge in [-0.1, -0.05) is 37.9 Å². The molecule has 0 N–H and O–H groups in total. The molecule has 0 radical (unpaired) electrons. The Hall–Kier alpha value is -2.07. The molecule has 0 bridgehead atoms. The molecule has 5 nitrogen and oxygen atoms in total. The molecule has 160 valence electrons. The largest absolute Gasteiger partial charge is 0.409 e. The second kappa shape index (κ2) is 9.17. The van der Waals surface area contributed by atoms with Crippen LogP contribution in [0.2, 0.25) is 0 Å². The van der Waals surface area contributed by atoms with Gasteiger partial charge >= 0.3 is 6.18 Å². The summed E-state index contributed by atoms with van der Waals surface area (Å²) in [6.07, 6.45) is -0.289. The van der Waals surface area contributed by atoms with Crippen LogP contribution in [0.1, 0.15) is 38.8 Å². The SMILES string of the molecule is CCC(C)C[n+]1cncc(S(=O)(=O)N(CC)[C@H](c2ccc(F)cc2)C(F)(F)F)c1. The molecule has 0 aliphatic rings. The third kappa shape index (κ3) is 5.51. The van der Waals surface area contributed by atoms with E-state index in [2.05, 4.69) is 4.98 Å². The Morgan fingerprint density at radius 1 is 1.17 bits per heavy atom. The van der Waals surface area contributed by atoms with Crippen molar-refractivity contribution >= 4 is 10.0 Å². The molecule has 1 unspecified atom stereocenters. The van der Waals surface area contributed by atoms with Gasteiger partial charge in [0, 0.05) is 6.54 Å². The smallest absolute Gasteiger partial charge is 0.236 e. The van der Waals surface area contributed by atoms with E-state index in [0.29, 0.717) is 10.8 Å². The fraction of sp³-hybridized carbons (Fsp3) is 0.474. The van der Waals surface area contributed by atoms with E-state index < -0.39 is 34.6 Å². The summed E-state index contributed by atoms with van der Waals surface area (Å²) in [5, 5.41) is 0. The maximum absolute atomic E-state index is 13.9. The molecule has 2 rings (SSSR count). The van der Waals surface area contributed by atoms with Crippen molar-refractivity contribution in [3.05, 3.63) is 54.4 Å². The first kappa shape index (κ1) is 23.2. The van der Waals surface area contributed by atoms with E-state index >= 15 is 0 Å². The van der Waals surface area contributed by atoms with Crippen molar-refractivity contribution in [1.29, 1.82) is 0 Å². The molecule has 2 atom stereocenters. The number of alkyl halides is 3. The van der Waals surface area contributed by atoms with Crippen molar-refractivity contribution in [2.75, 3.05) is 6.54 Å². The summed E-state index contributed by atoms with van der Waals surface area (Å²) in [7, 11) is -4.52. The minimum absolute atomic E-state index is 0.240. The number of sulfonamides is 1. The summed E-state index contributed by atoms with van der Waals surface area (Å²) in [6.45, 7) is 5.34. The van der Waals surface area contributed by atoms with Gasteiger partial charge in [-0.05, 0) is 30.0 Å². The number of hydrogen-bond acceptors (Lipinski definition) is 3. The van der Waals surface area contributed by atoms with Crippen LogP contribution in [0.15, 0.2) is 47.9 Å². The van der Waals surface area contributed by atoms with Gasteiger partial charge in [-0.3, -0.25) is 0 Å². The van der Waals surface area contributed by atoms with Crippen LogP contribution >= 0.6 is 0 Å². The Morgan fingerprint density at radius 3 is 2.31 bits per heavy atom. The van der Waals surface area contributed by atoms with Gasteiger partial charge in [0.2, 0.25) is 0 Å². The van der Waals surface area contributed by atoms with Crippen molar-refractivity contribution in [2.45, 2.75) is 50.9 Å². The van der Waals surface area contributed by atoms with E-state index in [4.69, 9.17) is 0 Å². The zero-order valence-electron chi connectivity index (χ0n) is 16.4. The van der Waals surface area contributed by atoms with Crippen molar-refractivity contribution in [1.82, 2.24) is 9.29 Å². The van der Waals surface area contributed by atoms with Crippen molar-refractivity contribution in [3.8, 4) is 0 Å². The topological polar surface area (TPSA) is 54.2 Å². The summed E-state index contributed by atoms with van der Waals surface area (Å²) in [5.41, 5.74) is -0.360. The highest BCUT2D eigenvalue weighted by atomic mass is 32.2. The zero-order chi connectivity index (χ0) is 21.8.